The van der Waals surface area contributed by atoms with Gasteiger partial charge in [0, 0.05) is 5.02 Å². The van der Waals surface area contributed by atoms with E-state index in [4.69, 9.17) is 23.2 Å². The Morgan fingerprint density at radius 2 is 1.54 bits per heavy atom. The number of rotatable bonds is 3. The van der Waals surface area contributed by atoms with E-state index >= 15 is 0 Å². The predicted molar refractivity (Wildman–Crippen MR) is 95.7 cm³/mol. The van der Waals surface area contributed by atoms with Crippen LogP contribution in [0, 0.1) is 13.8 Å². The number of hydrogen-bond acceptors (Lipinski definition) is 2. The van der Waals surface area contributed by atoms with E-state index in [9.17, 15) is 9.59 Å². The van der Waals surface area contributed by atoms with Gasteiger partial charge in [-0.1, -0.05) is 53.5 Å². The van der Waals surface area contributed by atoms with Crippen molar-refractivity contribution in [3.05, 3.63) is 74.8 Å². The molecule has 0 bridgehead atoms. The molecule has 0 saturated carbocycles. The van der Waals surface area contributed by atoms with Crippen LogP contribution in [0.15, 0.2) is 47.5 Å². The molecule has 1 aliphatic rings. The van der Waals surface area contributed by atoms with Crippen molar-refractivity contribution in [1.29, 1.82) is 0 Å². The Morgan fingerprint density at radius 3 is 2.17 bits per heavy atom. The van der Waals surface area contributed by atoms with Crippen molar-refractivity contribution in [3.63, 3.8) is 0 Å². The van der Waals surface area contributed by atoms with Gasteiger partial charge in [-0.15, -0.1) is 0 Å². The number of benzene rings is 2. The molecule has 3 rings (SSSR count). The van der Waals surface area contributed by atoms with E-state index in [0.29, 0.717) is 10.6 Å². The summed E-state index contributed by atoms with van der Waals surface area (Å²) in [5.41, 5.74) is 3.90. The normalized spacial score (nSPS) is 14.8. The zero-order valence-electron chi connectivity index (χ0n) is 13.3. The first kappa shape index (κ1) is 16.7. The Hall–Kier alpha value is -2.10. The Morgan fingerprint density at radius 1 is 0.875 bits per heavy atom. The van der Waals surface area contributed by atoms with E-state index in [2.05, 4.69) is 0 Å². The summed E-state index contributed by atoms with van der Waals surface area (Å²) in [6.07, 6.45) is 0. The standard InChI is InChI=1S/C19H15Cl2NO2/c1-11-3-6-14(9-12(11)2)16-17(21)19(24)22(18(16)23)10-13-4-7-15(20)8-5-13/h3-9H,10H2,1-2H3. The first-order valence-electron chi connectivity index (χ1n) is 7.46. The Bertz CT molecular complexity index is 869. The number of hydrogen-bond donors (Lipinski definition) is 0. The highest BCUT2D eigenvalue weighted by molar-refractivity contribution is 6.55. The van der Waals surface area contributed by atoms with Gasteiger partial charge in [0.05, 0.1) is 12.1 Å². The average Bonchev–Trinajstić information content (AvgIpc) is 2.76. The monoisotopic (exact) mass is 359 g/mol. The summed E-state index contributed by atoms with van der Waals surface area (Å²) in [6, 6.07) is 12.6. The number of aryl methyl sites for hydroxylation is 2. The molecule has 0 atom stereocenters. The average molecular weight is 360 g/mol. The predicted octanol–water partition coefficient (Wildman–Crippen LogP) is 4.48. The van der Waals surface area contributed by atoms with E-state index in [1.54, 1.807) is 24.3 Å². The molecule has 122 valence electrons. The minimum atomic E-state index is -0.468. The molecule has 3 nitrogen and oxygen atoms in total. The number of carbonyl (C=O) groups excluding carboxylic acids is 2. The molecular weight excluding hydrogens is 345 g/mol. The largest absolute Gasteiger partial charge is 0.273 e. The van der Waals surface area contributed by atoms with Gasteiger partial charge in [-0.25, -0.2) is 0 Å². The number of nitrogens with zero attached hydrogens (tertiary/aromatic N) is 1. The molecule has 2 aromatic rings. The quantitative estimate of drug-likeness (QED) is 0.757. The van der Waals surface area contributed by atoms with Crippen molar-refractivity contribution in [2.24, 2.45) is 0 Å². The molecule has 0 aromatic heterocycles. The van der Waals surface area contributed by atoms with E-state index < -0.39 is 5.91 Å². The molecule has 1 heterocycles. The maximum atomic E-state index is 12.7. The molecule has 0 N–H and O–H groups in total. The third-order valence-corrected chi connectivity index (χ3v) is 4.76. The van der Waals surface area contributed by atoms with E-state index in [1.807, 2.05) is 32.0 Å². The fraction of sp³-hybridized carbons (Fsp3) is 0.158. The molecule has 2 amide bonds. The lowest BCUT2D eigenvalue weighted by Gasteiger charge is -2.15. The second-order valence-electron chi connectivity index (χ2n) is 5.81. The van der Waals surface area contributed by atoms with Crippen molar-refractivity contribution < 1.29 is 9.59 Å². The number of amides is 2. The summed E-state index contributed by atoms with van der Waals surface area (Å²) in [5, 5.41) is 0.571. The number of imide groups is 1. The summed E-state index contributed by atoms with van der Waals surface area (Å²) in [5.74, 6) is -0.840. The first-order valence-corrected chi connectivity index (χ1v) is 8.22. The highest BCUT2D eigenvalue weighted by Gasteiger charge is 2.38. The van der Waals surface area contributed by atoms with Crippen LogP contribution in [-0.2, 0) is 16.1 Å². The molecule has 24 heavy (non-hydrogen) atoms. The second-order valence-corrected chi connectivity index (χ2v) is 6.63. The highest BCUT2D eigenvalue weighted by Crippen LogP contribution is 2.33. The summed E-state index contributed by atoms with van der Waals surface area (Å²) in [4.78, 5) is 26.3. The summed E-state index contributed by atoms with van der Waals surface area (Å²) < 4.78 is 0. The minimum Gasteiger partial charge on any atom is -0.269 e. The van der Waals surface area contributed by atoms with Crippen molar-refractivity contribution in [2.75, 3.05) is 0 Å². The van der Waals surface area contributed by atoms with Crippen molar-refractivity contribution in [2.45, 2.75) is 20.4 Å². The zero-order valence-corrected chi connectivity index (χ0v) is 14.8. The molecule has 1 aliphatic heterocycles. The maximum absolute atomic E-state index is 12.7. The van der Waals surface area contributed by atoms with Gasteiger partial charge >= 0.3 is 0 Å². The lowest BCUT2D eigenvalue weighted by Crippen LogP contribution is -2.30. The van der Waals surface area contributed by atoms with Crippen LogP contribution in [0.1, 0.15) is 22.3 Å². The van der Waals surface area contributed by atoms with E-state index in [1.165, 1.54) is 0 Å². The smallest absolute Gasteiger partial charge is 0.269 e. The lowest BCUT2D eigenvalue weighted by molar-refractivity contribution is -0.137. The van der Waals surface area contributed by atoms with Crippen LogP contribution in [0.5, 0.6) is 0 Å². The molecule has 0 unspecified atom stereocenters. The fourth-order valence-corrected chi connectivity index (χ4v) is 3.03. The Labute approximate surface area is 150 Å². The topological polar surface area (TPSA) is 37.4 Å². The van der Waals surface area contributed by atoms with Gasteiger partial charge in [-0.2, -0.15) is 0 Å². The minimum absolute atomic E-state index is 0.0304. The molecule has 2 aromatic carbocycles. The first-order chi connectivity index (χ1) is 11.4. The Balaban J connectivity index is 1.92. The molecule has 0 spiro atoms. The van der Waals surface area contributed by atoms with Crippen LogP contribution in [0.4, 0.5) is 0 Å². The van der Waals surface area contributed by atoms with Gasteiger partial charge in [0.25, 0.3) is 11.8 Å². The van der Waals surface area contributed by atoms with Crippen LogP contribution in [0.2, 0.25) is 5.02 Å². The van der Waals surface area contributed by atoms with Crippen molar-refractivity contribution in [3.8, 4) is 0 Å². The molecule has 0 radical (unpaired) electrons. The Kier molecular flexibility index (Phi) is 4.48. The van der Waals surface area contributed by atoms with Gasteiger partial charge in [-0.05, 0) is 48.2 Å². The fourth-order valence-electron chi connectivity index (χ4n) is 2.61. The van der Waals surface area contributed by atoms with E-state index in [-0.39, 0.29) is 23.1 Å². The molecule has 0 aliphatic carbocycles. The SMILES string of the molecule is Cc1ccc(C2=C(Cl)C(=O)N(Cc3ccc(Cl)cc3)C2=O)cc1C. The van der Waals surface area contributed by atoms with Gasteiger partial charge in [0.2, 0.25) is 0 Å². The number of halogens is 2. The summed E-state index contributed by atoms with van der Waals surface area (Å²) in [6.45, 7) is 4.11. The van der Waals surface area contributed by atoms with Gasteiger partial charge in [0.15, 0.2) is 0 Å². The molecule has 0 fully saturated rings. The van der Waals surface area contributed by atoms with Crippen LogP contribution < -0.4 is 0 Å². The van der Waals surface area contributed by atoms with Gasteiger partial charge < -0.3 is 0 Å². The second kappa shape index (κ2) is 6.42. The maximum Gasteiger partial charge on any atom is 0.273 e. The van der Waals surface area contributed by atoms with Gasteiger partial charge in [0.1, 0.15) is 5.03 Å². The zero-order chi connectivity index (χ0) is 17.4. The third-order valence-electron chi connectivity index (χ3n) is 4.16. The molecular formula is C19H15Cl2NO2. The van der Waals surface area contributed by atoms with Gasteiger partial charge in [-0.3, -0.25) is 14.5 Å². The number of carbonyl (C=O) groups is 2. The van der Waals surface area contributed by atoms with Crippen LogP contribution in [0.3, 0.4) is 0 Å². The van der Waals surface area contributed by atoms with Crippen LogP contribution >= 0.6 is 23.2 Å². The van der Waals surface area contributed by atoms with Crippen LogP contribution in [-0.4, -0.2) is 16.7 Å². The highest BCUT2D eigenvalue weighted by atomic mass is 35.5. The third kappa shape index (κ3) is 2.97. The lowest BCUT2D eigenvalue weighted by atomic mass is 10.0. The summed E-state index contributed by atoms with van der Waals surface area (Å²) in [7, 11) is 0. The van der Waals surface area contributed by atoms with Crippen molar-refractivity contribution in [1.82, 2.24) is 4.90 Å². The van der Waals surface area contributed by atoms with Crippen LogP contribution in [0.25, 0.3) is 5.57 Å². The molecule has 5 heteroatoms. The summed E-state index contributed by atoms with van der Waals surface area (Å²) >= 11 is 12.0. The molecule has 0 saturated heterocycles. The van der Waals surface area contributed by atoms with E-state index in [0.717, 1.165) is 21.6 Å². The van der Waals surface area contributed by atoms with Crippen molar-refractivity contribution >= 4 is 40.6 Å².